The molecule has 7 nitrogen and oxygen atoms in total. The Morgan fingerprint density at radius 3 is 2.92 bits per heavy atom. The molecule has 2 amide bonds. The maximum atomic E-state index is 12.5. The van der Waals surface area contributed by atoms with Gasteiger partial charge >= 0.3 is 5.97 Å². The molecule has 26 heavy (non-hydrogen) atoms. The van der Waals surface area contributed by atoms with Gasteiger partial charge in [-0.1, -0.05) is 6.92 Å². The quantitative estimate of drug-likeness (QED) is 0.843. The van der Waals surface area contributed by atoms with Gasteiger partial charge in [-0.3, -0.25) is 9.59 Å². The highest BCUT2D eigenvalue weighted by atomic mass is 16.5. The van der Waals surface area contributed by atoms with Gasteiger partial charge < -0.3 is 20.1 Å². The van der Waals surface area contributed by atoms with Gasteiger partial charge in [0.25, 0.3) is 5.91 Å². The second-order valence-corrected chi connectivity index (χ2v) is 7.69. The van der Waals surface area contributed by atoms with E-state index in [9.17, 15) is 19.5 Å². The summed E-state index contributed by atoms with van der Waals surface area (Å²) in [5, 5.41) is 12.0. The van der Waals surface area contributed by atoms with Crippen molar-refractivity contribution in [1.82, 2.24) is 10.2 Å². The fraction of sp³-hybridized carbons (Fsp3) is 0.526. The molecule has 1 saturated heterocycles. The van der Waals surface area contributed by atoms with Crippen LogP contribution in [0, 0.1) is 5.41 Å². The topological polar surface area (TPSA) is 95.9 Å². The lowest BCUT2D eigenvalue weighted by molar-refractivity contribution is -0.149. The fourth-order valence-electron chi connectivity index (χ4n) is 4.20. The number of amides is 2. The normalized spacial score (nSPS) is 28.6. The van der Waals surface area contributed by atoms with E-state index >= 15 is 0 Å². The van der Waals surface area contributed by atoms with Gasteiger partial charge in [0, 0.05) is 11.6 Å². The van der Waals surface area contributed by atoms with Crippen LogP contribution in [-0.2, 0) is 16.0 Å². The van der Waals surface area contributed by atoms with Crippen molar-refractivity contribution in [2.75, 3.05) is 13.2 Å². The monoisotopic (exact) mass is 358 g/mol. The van der Waals surface area contributed by atoms with Crippen molar-refractivity contribution >= 4 is 17.8 Å². The number of rotatable bonds is 4. The Morgan fingerprint density at radius 2 is 2.15 bits per heavy atom. The largest absolute Gasteiger partial charge is 0.493 e. The van der Waals surface area contributed by atoms with Gasteiger partial charge in [-0.15, -0.1) is 0 Å². The number of nitrogens with zero attached hydrogens (tertiary/aromatic N) is 1. The van der Waals surface area contributed by atoms with E-state index in [1.807, 2.05) is 6.92 Å². The second kappa shape index (κ2) is 6.00. The summed E-state index contributed by atoms with van der Waals surface area (Å²) in [5.41, 5.74) is 1.39. The summed E-state index contributed by atoms with van der Waals surface area (Å²) in [6.07, 6.45) is 3.10. The Bertz CT molecular complexity index is 792. The summed E-state index contributed by atoms with van der Waals surface area (Å²) in [6.45, 7) is 2.51. The minimum atomic E-state index is -0.979. The lowest BCUT2D eigenvalue weighted by Gasteiger charge is -2.24. The molecule has 138 valence electrons. The number of likely N-dealkylation sites (tertiary alicyclic amines) is 1. The van der Waals surface area contributed by atoms with Crippen LogP contribution in [0.5, 0.6) is 5.75 Å². The minimum absolute atomic E-state index is 0.0195. The number of carbonyl (C=O) groups is 3. The van der Waals surface area contributed by atoms with Crippen LogP contribution >= 0.6 is 0 Å². The number of ether oxygens (including phenoxy) is 1. The first-order valence-electron chi connectivity index (χ1n) is 8.97. The van der Waals surface area contributed by atoms with E-state index in [4.69, 9.17) is 4.74 Å². The van der Waals surface area contributed by atoms with Crippen molar-refractivity contribution in [3.05, 3.63) is 29.3 Å². The molecule has 3 aliphatic rings. The van der Waals surface area contributed by atoms with Crippen molar-refractivity contribution < 1.29 is 24.2 Å². The van der Waals surface area contributed by atoms with Crippen LogP contribution in [0.4, 0.5) is 0 Å². The average molecular weight is 358 g/mol. The smallest absolute Gasteiger partial charge is 0.326 e. The minimum Gasteiger partial charge on any atom is -0.493 e. The number of carboxylic acids is 1. The predicted octanol–water partition coefficient (Wildman–Crippen LogP) is 1.21. The Morgan fingerprint density at radius 1 is 1.35 bits per heavy atom. The fourth-order valence-corrected chi connectivity index (χ4v) is 4.20. The average Bonchev–Trinajstić information content (AvgIpc) is 3.19. The SMILES string of the molecule is CC12CC(C(=O)O)N(C(=O)CNC(=O)c3ccc4c(c3)CCCO4)C1C2. The highest BCUT2D eigenvalue weighted by molar-refractivity contribution is 5.97. The molecule has 7 heteroatoms. The highest BCUT2D eigenvalue weighted by Crippen LogP contribution is 2.59. The number of hydrogen-bond donors (Lipinski definition) is 2. The van der Waals surface area contributed by atoms with Crippen molar-refractivity contribution in [1.29, 1.82) is 0 Å². The van der Waals surface area contributed by atoms with Crippen LogP contribution in [-0.4, -0.2) is 53.0 Å². The van der Waals surface area contributed by atoms with E-state index in [-0.39, 0.29) is 29.8 Å². The molecule has 0 radical (unpaired) electrons. The molecule has 3 unspecified atom stereocenters. The third-order valence-electron chi connectivity index (χ3n) is 5.78. The molecule has 1 saturated carbocycles. The van der Waals surface area contributed by atoms with Crippen LogP contribution in [0.3, 0.4) is 0 Å². The number of nitrogens with one attached hydrogen (secondary N) is 1. The van der Waals surface area contributed by atoms with Crippen LogP contribution in [0.2, 0.25) is 0 Å². The number of aliphatic carboxylic acids is 1. The van der Waals surface area contributed by atoms with Gasteiger partial charge in [0.05, 0.1) is 13.2 Å². The van der Waals surface area contributed by atoms with Crippen molar-refractivity contribution in [2.45, 2.75) is 44.7 Å². The van der Waals surface area contributed by atoms with E-state index in [1.165, 1.54) is 4.90 Å². The molecule has 2 heterocycles. The third-order valence-corrected chi connectivity index (χ3v) is 5.78. The van der Waals surface area contributed by atoms with Crippen molar-refractivity contribution in [3.8, 4) is 5.75 Å². The Hall–Kier alpha value is -2.57. The van der Waals surface area contributed by atoms with E-state index in [1.54, 1.807) is 18.2 Å². The van der Waals surface area contributed by atoms with E-state index in [2.05, 4.69) is 5.32 Å². The summed E-state index contributed by atoms with van der Waals surface area (Å²) in [6, 6.07) is 4.44. The van der Waals surface area contributed by atoms with Crippen LogP contribution in [0.1, 0.15) is 42.1 Å². The standard InChI is InChI=1S/C19H22N2O5/c1-19-8-13(18(24)25)21(15(19)9-19)16(22)10-20-17(23)12-4-5-14-11(7-12)3-2-6-26-14/h4-5,7,13,15H,2-3,6,8-10H2,1H3,(H,20,23)(H,24,25). The first-order valence-corrected chi connectivity index (χ1v) is 8.97. The predicted molar refractivity (Wildman–Crippen MR) is 92.0 cm³/mol. The number of benzene rings is 1. The molecule has 2 aliphatic heterocycles. The molecular weight excluding hydrogens is 336 g/mol. The van der Waals surface area contributed by atoms with E-state index in [0.717, 1.165) is 30.6 Å². The van der Waals surface area contributed by atoms with Gasteiger partial charge in [-0.05, 0) is 54.9 Å². The molecule has 1 aromatic rings. The Balaban J connectivity index is 1.40. The van der Waals surface area contributed by atoms with Crippen molar-refractivity contribution in [3.63, 3.8) is 0 Å². The zero-order valence-corrected chi connectivity index (χ0v) is 14.7. The van der Waals surface area contributed by atoms with Crippen molar-refractivity contribution in [2.24, 2.45) is 5.41 Å². The van der Waals surface area contributed by atoms with Crippen LogP contribution < -0.4 is 10.1 Å². The molecule has 0 bridgehead atoms. The summed E-state index contributed by atoms with van der Waals surface area (Å²) in [5.74, 6) is -0.847. The first-order chi connectivity index (χ1) is 12.4. The van der Waals surface area contributed by atoms with Gasteiger partial charge in [0.15, 0.2) is 0 Å². The first kappa shape index (κ1) is 16.9. The Kier molecular flexibility index (Phi) is 3.89. The van der Waals surface area contributed by atoms with Gasteiger partial charge in [0.1, 0.15) is 11.8 Å². The second-order valence-electron chi connectivity index (χ2n) is 7.69. The van der Waals surface area contributed by atoms with Gasteiger partial charge in [-0.25, -0.2) is 4.79 Å². The number of piperidine rings is 1. The summed E-state index contributed by atoms with van der Waals surface area (Å²) >= 11 is 0. The summed E-state index contributed by atoms with van der Waals surface area (Å²) in [7, 11) is 0. The number of aryl methyl sites for hydroxylation is 1. The van der Waals surface area contributed by atoms with E-state index in [0.29, 0.717) is 18.6 Å². The van der Waals surface area contributed by atoms with Gasteiger partial charge in [-0.2, -0.15) is 0 Å². The molecule has 2 fully saturated rings. The molecule has 3 atom stereocenters. The molecule has 2 N–H and O–H groups in total. The Labute approximate surface area is 151 Å². The lowest BCUT2D eigenvalue weighted by Crippen LogP contribution is -2.47. The van der Waals surface area contributed by atoms with Crippen LogP contribution in [0.25, 0.3) is 0 Å². The molecular formula is C19H22N2O5. The molecule has 4 rings (SSSR count). The molecule has 1 aromatic carbocycles. The highest BCUT2D eigenvalue weighted by Gasteiger charge is 2.64. The zero-order chi connectivity index (χ0) is 18.5. The molecule has 0 spiro atoms. The molecule has 1 aliphatic carbocycles. The maximum Gasteiger partial charge on any atom is 0.326 e. The van der Waals surface area contributed by atoms with E-state index < -0.39 is 12.0 Å². The molecule has 0 aromatic heterocycles. The maximum absolute atomic E-state index is 12.5. The lowest BCUT2D eigenvalue weighted by atomic mass is 10.0. The summed E-state index contributed by atoms with van der Waals surface area (Å²) < 4.78 is 5.54. The number of hydrogen-bond acceptors (Lipinski definition) is 4. The van der Waals surface area contributed by atoms with Crippen LogP contribution in [0.15, 0.2) is 18.2 Å². The zero-order valence-electron chi connectivity index (χ0n) is 14.7. The summed E-state index contributed by atoms with van der Waals surface area (Å²) in [4.78, 5) is 37.8. The number of fused-ring (bicyclic) bond motifs is 2. The number of carboxylic acid groups (broad SMARTS) is 1. The third kappa shape index (κ3) is 2.81. The number of carbonyl (C=O) groups excluding carboxylic acids is 2. The van der Waals surface area contributed by atoms with Gasteiger partial charge in [0.2, 0.25) is 5.91 Å².